The molecule has 1 N–H and O–H groups in total. The zero-order chi connectivity index (χ0) is 10.1. The van der Waals surface area contributed by atoms with Crippen LogP contribution in [0.25, 0.3) is 0 Å². The van der Waals surface area contributed by atoms with Crippen molar-refractivity contribution >= 4 is 11.8 Å². The fourth-order valence-electron chi connectivity index (χ4n) is 2.83. The van der Waals surface area contributed by atoms with Gasteiger partial charge in [0.05, 0.1) is 0 Å². The summed E-state index contributed by atoms with van der Waals surface area (Å²) < 4.78 is 0. The number of rotatable bonds is 2. The molecule has 1 saturated carbocycles. The summed E-state index contributed by atoms with van der Waals surface area (Å²) in [5.41, 5.74) is 0. The Labute approximate surface area is 92.4 Å². The smallest absolute Gasteiger partial charge is 0.0194 e. The maximum absolute atomic E-state index is 3.89. The van der Waals surface area contributed by atoms with Crippen molar-refractivity contribution in [3.05, 3.63) is 0 Å². The van der Waals surface area contributed by atoms with Crippen LogP contribution in [0.4, 0.5) is 0 Å². The van der Waals surface area contributed by atoms with Crippen LogP contribution < -0.4 is 5.32 Å². The van der Waals surface area contributed by atoms with E-state index in [1.54, 1.807) is 0 Å². The largest absolute Gasteiger partial charge is 0.310 e. The molecule has 5 unspecified atom stereocenters. The van der Waals surface area contributed by atoms with Crippen LogP contribution in [0.2, 0.25) is 0 Å². The second kappa shape index (κ2) is 4.44. The summed E-state index contributed by atoms with van der Waals surface area (Å²) in [6.45, 7) is 7.19. The molecule has 2 heteroatoms. The summed E-state index contributed by atoms with van der Waals surface area (Å²) in [5, 5.41) is 4.72. The minimum absolute atomic E-state index is 0.790. The SMILES string of the molecule is CC1CCC(NC2CCSC2C)C1C. The molecular weight excluding hydrogens is 190 g/mol. The molecule has 0 aromatic heterocycles. The molecule has 0 amide bonds. The van der Waals surface area contributed by atoms with Crippen LogP contribution in [0.15, 0.2) is 0 Å². The Morgan fingerprint density at radius 2 is 1.79 bits per heavy atom. The third-order valence-electron chi connectivity index (χ3n) is 4.27. The number of thioether (sulfide) groups is 1. The van der Waals surface area contributed by atoms with Crippen molar-refractivity contribution in [1.29, 1.82) is 0 Å². The van der Waals surface area contributed by atoms with E-state index in [4.69, 9.17) is 0 Å². The van der Waals surface area contributed by atoms with Crippen molar-refractivity contribution in [2.24, 2.45) is 11.8 Å². The first-order valence-electron chi connectivity index (χ1n) is 6.06. The van der Waals surface area contributed by atoms with E-state index < -0.39 is 0 Å². The van der Waals surface area contributed by atoms with Gasteiger partial charge in [-0.05, 0) is 36.9 Å². The van der Waals surface area contributed by atoms with Crippen molar-refractivity contribution in [3.63, 3.8) is 0 Å². The minimum Gasteiger partial charge on any atom is -0.310 e. The van der Waals surface area contributed by atoms with Gasteiger partial charge < -0.3 is 5.32 Å². The highest BCUT2D eigenvalue weighted by atomic mass is 32.2. The van der Waals surface area contributed by atoms with Crippen LogP contribution >= 0.6 is 11.8 Å². The van der Waals surface area contributed by atoms with Crippen LogP contribution in [0.3, 0.4) is 0 Å². The Hall–Kier alpha value is 0.310. The second-order valence-electron chi connectivity index (χ2n) is 5.16. The molecule has 1 heterocycles. The van der Waals surface area contributed by atoms with Crippen molar-refractivity contribution in [1.82, 2.24) is 5.32 Å². The van der Waals surface area contributed by atoms with Crippen molar-refractivity contribution in [3.8, 4) is 0 Å². The standard InChI is InChI=1S/C12H23NS/c1-8-4-5-11(9(8)2)13-12-6-7-14-10(12)3/h8-13H,4-7H2,1-3H3. The van der Waals surface area contributed by atoms with Crippen LogP contribution in [0, 0.1) is 11.8 Å². The Morgan fingerprint density at radius 1 is 1.00 bits per heavy atom. The highest BCUT2D eigenvalue weighted by Gasteiger charge is 2.33. The van der Waals surface area contributed by atoms with E-state index in [9.17, 15) is 0 Å². The zero-order valence-corrected chi connectivity index (χ0v) is 10.4. The summed E-state index contributed by atoms with van der Waals surface area (Å²) in [4.78, 5) is 0. The molecule has 2 aliphatic rings. The fraction of sp³-hybridized carbons (Fsp3) is 1.00. The van der Waals surface area contributed by atoms with Crippen molar-refractivity contribution in [2.45, 2.75) is 57.4 Å². The number of hydrogen-bond acceptors (Lipinski definition) is 2. The molecular formula is C12H23NS. The summed E-state index contributed by atoms with van der Waals surface area (Å²) in [5.74, 6) is 3.17. The van der Waals surface area contributed by atoms with E-state index in [2.05, 4.69) is 37.8 Å². The Kier molecular flexibility index (Phi) is 3.43. The first-order chi connectivity index (χ1) is 6.68. The predicted octanol–water partition coefficient (Wildman–Crippen LogP) is 2.90. The molecule has 2 rings (SSSR count). The number of hydrogen-bond donors (Lipinski definition) is 1. The third-order valence-corrected chi connectivity index (χ3v) is 5.60. The molecule has 0 spiro atoms. The van der Waals surface area contributed by atoms with Crippen LogP contribution in [-0.4, -0.2) is 23.1 Å². The quantitative estimate of drug-likeness (QED) is 0.757. The van der Waals surface area contributed by atoms with Gasteiger partial charge in [-0.25, -0.2) is 0 Å². The lowest BCUT2D eigenvalue weighted by Gasteiger charge is -2.25. The van der Waals surface area contributed by atoms with Gasteiger partial charge in [-0.3, -0.25) is 0 Å². The molecule has 0 radical (unpaired) electrons. The molecule has 1 aliphatic carbocycles. The molecule has 0 aromatic rings. The van der Waals surface area contributed by atoms with E-state index in [1.807, 2.05) is 0 Å². The van der Waals surface area contributed by atoms with Gasteiger partial charge in [0, 0.05) is 17.3 Å². The monoisotopic (exact) mass is 213 g/mol. The zero-order valence-electron chi connectivity index (χ0n) is 9.62. The van der Waals surface area contributed by atoms with Crippen molar-refractivity contribution < 1.29 is 0 Å². The van der Waals surface area contributed by atoms with Crippen molar-refractivity contribution in [2.75, 3.05) is 5.75 Å². The Balaban J connectivity index is 1.85. The highest BCUT2D eigenvalue weighted by molar-refractivity contribution is 8.00. The number of nitrogens with one attached hydrogen (secondary N) is 1. The van der Waals surface area contributed by atoms with Crippen LogP contribution in [-0.2, 0) is 0 Å². The molecule has 2 fully saturated rings. The maximum Gasteiger partial charge on any atom is 0.0194 e. The molecule has 14 heavy (non-hydrogen) atoms. The van der Waals surface area contributed by atoms with E-state index in [-0.39, 0.29) is 0 Å². The molecule has 1 aliphatic heterocycles. The summed E-state index contributed by atoms with van der Waals surface area (Å²) >= 11 is 2.13. The molecule has 0 bridgehead atoms. The van der Waals surface area contributed by atoms with Gasteiger partial charge in [-0.1, -0.05) is 20.8 Å². The average Bonchev–Trinajstić information content (AvgIpc) is 2.68. The van der Waals surface area contributed by atoms with E-state index >= 15 is 0 Å². The molecule has 0 aromatic carbocycles. The summed E-state index contributed by atoms with van der Waals surface area (Å²) in [6, 6.07) is 1.59. The Morgan fingerprint density at radius 3 is 2.29 bits per heavy atom. The first kappa shape index (κ1) is 10.8. The van der Waals surface area contributed by atoms with Gasteiger partial charge >= 0.3 is 0 Å². The predicted molar refractivity (Wildman–Crippen MR) is 64.8 cm³/mol. The van der Waals surface area contributed by atoms with Crippen LogP contribution in [0.1, 0.15) is 40.0 Å². The highest BCUT2D eigenvalue weighted by Crippen LogP contribution is 2.34. The molecule has 1 nitrogen and oxygen atoms in total. The first-order valence-corrected chi connectivity index (χ1v) is 7.11. The lowest BCUT2D eigenvalue weighted by molar-refractivity contribution is 0.336. The second-order valence-corrected chi connectivity index (χ2v) is 6.64. The van der Waals surface area contributed by atoms with Gasteiger partial charge in [0.25, 0.3) is 0 Å². The van der Waals surface area contributed by atoms with Gasteiger partial charge in [0.2, 0.25) is 0 Å². The minimum atomic E-state index is 0.790. The lowest BCUT2D eigenvalue weighted by atomic mass is 9.97. The third kappa shape index (κ3) is 2.11. The van der Waals surface area contributed by atoms with E-state index in [0.29, 0.717) is 0 Å². The van der Waals surface area contributed by atoms with E-state index in [1.165, 1.54) is 25.0 Å². The van der Waals surface area contributed by atoms with Crippen LogP contribution in [0.5, 0.6) is 0 Å². The van der Waals surface area contributed by atoms with Gasteiger partial charge in [0.15, 0.2) is 0 Å². The molecule has 1 saturated heterocycles. The van der Waals surface area contributed by atoms with Gasteiger partial charge in [-0.15, -0.1) is 0 Å². The van der Waals surface area contributed by atoms with Gasteiger partial charge in [-0.2, -0.15) is 11.8 Å². The summed E-state index contributed by atoms with van der Waals surface area (Å²) in [7, 11) is 0. The molecule has 82 valence electrons. The topological polar surface area (TPSA) is 12.0 Å². The van der Waals surface area contributed by atoms with Gasteiger partial charge in [0.1, 0.15) is 0 Å². The maximum atomic E-state index is 3.89. The fourth-order valence-corrected chi connectivity index (χ4v) is 4.03. The lowest BCUT2D eigenvalue weighted by Crippen LogP contribution is -2.43. The van der Waals surface area contributed by atoms with E-state index in [0.717, 1.165) is 29.2 Å². The average molecular weight is 213 g/mol. The molecule has 5 atom stereocenters. The normalized spacial score (nSPS) is 48.6. The Bertz CT molecular complexity index is 195. The summed E-state index contributed by atoms with van der Waals surface area (Å²) in [6.07, 6.45) is 4.20.